The van der Waals surface area contributed by atoms with Gasteiger partial charge in [-0.2, -0.15) is 0 Å². The fourth-order valence-corrected chi connectivity index (χ4v) is 4.29. The van der Waals surface area contributed by atoms with Crippen LogP contribution < -0.4 is 11.2 Å². The lowest BCUT2D eigenvalue weighted by Crippen LogP contribution is -2.43. The molecule has 0 radical (unpaired) electrons. The van der Waals surface area contributed by atoms with Gasteiger partial charge in [0, 0.05) is 25.3 Å². The van der Waals surface area contributed by atoms with E-state index in [9.17, 15) is 14.4 Å². The van der Waals surface area contributed by atoms with Crippen LogP contribution in [-0.4, -0.2) is 38.4 Å². The van der Waals surface area contributed by atoms with Gasteiger partial charge in [-0.15, -0.1) is 0 Å². The zero-order chi connectivity index (χ0) is 21.5. The quantitative estimate of drug-likeness (QED) is 0.855. The van der Waals surface area contributed by atoms with Crippen LogP contribution in [0.2, 0.25) is 0 Å². The van der Waals surface area contributed by atoms with Gasteiger partial charge >= 0.3 is 5.69 Å². The third-order valence-electron chi connectivity index (χ3n) is 5.49. The second-order valence-electron chi connectivity index (χ2n) is 9.37. The third-order valence-corrected chi connectivity index (χ3v) is 5.49. The third kappa shape index (κ3) is 4.28. The van der Waals surface area contributed by atoms with Crippen LogP contribution in [0.1, 0.15) is 69.9 Å². The molecule has 0 spiro atoms. The molecule has 1 fully saturated rings. The molecule has 1 amide bonds. The van der Waals surface area contributed by atoms with E-state index >= 15 is 0 Å². The largest absolute Gasteiger partial charge is 0.338 e. The Bertz CT molecular complexity index is 1020. The number of rotatable bonds is 4. The second kappa shape index (κ2) is 8.13. The number of aromatic amines is 1. The van der Waals surface area contributed by atoms with E-state index in [-0.39, 0.29) is 23.1 Å². The number of fused-ring (bicyclic) bond motifs is 1. The summed E-state index contributed by atoms with van der Waals surface area (Å²) in [6, 6.07) is 1.73. The van der Waals surface area contributed by atoms with Crippen LogP contribution in [0.4, 0.5) is 0 Å². The number of carbonyl (C=O) groups excluding carboxylic acids is 1. The Labute approximate surface area is 171 Å². The van der Waals surface area contributed by atoms with Crippen LogP contribution in [0.5, 0.6) is 0 Å². The zero-order valence-corrected chi connectivity index (χ0v) is 18.3. The molecule has 1 aliphatic heterocycles. The van der Waals surface area contributed by atoms with Crippen molar-refractivity contribution in [1.82, 2.24) is 19.4 Å². The van der Waals surface area contributed by atoms with Gasteiger partial charge in [0.05, 0.1) is 10.9 Å². The molecule has 0 saturated carbocycles. The lowest BCUT2D eigenvalue weighted by atomic mass is 9.91. The SMILES string of the molecule is CC(C)Cn1c(=O)[nH]c(=O)c2c(C(=O)N3CC(C)CC(C)C3)cc(C(C)C)nc21. The molecule has 2 aromatic heterocycles. The molecule has 1 saturated heterocycles. The molecule has 3 heterocycles. The highest BCUT2D eigenvalue weighted by atomic mass is 16.2. The van der Waals surface area contributed by atoms with Crippen molar-refractivity contribution in [3.8, 4) is 0 Å². The van der Waals surface area contributed by atoms with Crippen LogP contribution in [0.3, 0.4) is 0 Å². The number of nitrogens with zero attached hydrogens (tertiary/aromatic N) is 3. The Morgan fingerprint density at radius 1 is 1.17 bits per heavy atom. The van der Waals surface area contributed by atoms with E-state index in [1.165, 1.54) is 4.57 Å². The highest BCUT2D eigenvalue weighted by Crippen LogP contribution is 2.26. The van der Waals surface area contributed by atoms with Gasteiger partial charge in [0.15, 0.2) is 5.65 Å². The fourth-order valence-electron chi connectivity index (χ4n) is 4.29. The molecule has 2 aromatic rings. The number of hydrogen-bond acceptors (Lipinski definition) is 4. The Morgan fingerprint density at radius 3 is 2.34 bits per heavy atom. The molecule has 0 bridgehead atoms. The van der Waals surface area contributed by atoms with Gasteiger partial charge in [-0.05, 0) is 36.2 Å². The van der Waals surface area contributed by atoms with Gasteiger partial charge in [-0.1, -0.05) is 41.5 Å². The summed E-state index contributed by atoms with van der Waals surface area (Å²) in [5, 5.41) is 0.213. The van der Waals surface area contributed by atoms with E-state index in [1.807, 2.05) is 32.6 Å². The summed E-state index contributed by atoms with van der Waals surface area (Å²) in [6.45, 7) is 14.0. The lowest BCUT2D eigenvalue weighted by molar-refractivity contribution is 0.0625. The minimum Gasteiger partial charge on any atom is -0.338 e. The standard InChI is InChI=1S/C22H32N4O3/c1-12(2)9-26-19-18(20(27)24-22(26)29)16(8-17(23-19)13(3)4)21(28)25-10-14(5)7-15(6)11-25/h8,12-15H,7,9-11H2,1-6H3,(H,24,27,29). The molecule has 7 heteroatoms. The van der Waals surface area contributed by atoms with Crippen LogP contribution in [0.15, 0.2) is 15.7 Å². The first-order valence-corrected chi connectivity index (χ1v) is 10.6. The van der Waals surface area contributed by atoms with Gasteiger partial charge in [0.1, 0.15) is 0 Å². The normalized spacial score (nSPS) is 20.1. The van der Waals surface area contributed by atoms with Crippen molar-refractivity contribution >= 4 is 16.9 Å². The average molecular weight is 401 g/mol. The molecular weight excluding hydrogens is 368 g/mol. The average Bonchev–Trinajstić information content (AvgIpc) is 2.62. The summed E-state index contributed by atoms with van der Waals surface area (Å²) >= 11 is 0. The van der Waals surface area contributed by atoms with Crippen molar-refractivity contribution in [2.24, 2.45) is 17.8 Å². The summed E-state index contributed by atoms with van der Waals surface area (Å²) in [5.41, 5.74) is 0.331. The molecule has 1 N–H and O–H groups in total. The summed E-state index contributed by atoms with van der Waals surface area (Å²) < 4.78 is 1.49. The van der Waals surface area contributed by atoms with Crippen molar-refractivity contribution in [2.45, 2.75) is 60.4 Å². The van der Waals surface area contributed by atoms with E-state index < -0.39 is 11.2 Å². The van der Waals surface area contributed by atoms with E-state index in [2.05, 4.69) is 23.8 Å². The van der Waals surface area contributed by atoms with Crippen LogP contribution in [0, 0.1) is 17.8 Å². The molecule has 2 atom stereocenters. The van der Waals surface area contributed by atoms with Gasteiger partial charge in [-0.25, -0.2) is 9.78 Å². The Kier molecular flexibility index (Phi) is 5.96. The molecule has 3 rings (SSSR count). The molecule has 7 nitrogen and oxygen atoms in total. The predicted molar refractivity (Wildman–Crippen MR) is 114 cm³/mol. The number of amides is 1. The van der Waals surface area contributed by atoms with E-state index in [0.29, 0.717) is 48.4 Å². The monoisotopic (exact) mass is 400 g/mol. The maximum atomic E-state index is 13.5. The fraction of sp³-hybridized carbons (Fsp3) is 0.636. The first-order chi connectivity index (χ1) is 13.6. The molecule has 0 aliphatic carbocycles. The van der Waals surface area contributed by atoms with E-state index in [1.54, 1.807) is 6.07 Å². The van der Waals surface area contributed by atoms with Gasteiger partial charge in [0.2, 0.25) is 0 Å². The lowest BCUT2D eigenvalue weighted by Gasteiger charge is -2.35. The van der Waals surface area contributed by atoms with Crippen molar-refractivity contribution in [1.29, 1.82) is 0 Å². The maximum absolute atomic E-state index is 13.5. The number of carbonyl (C=O) groups is 1. The van der Waals surface area contributed by atoms with E-state index in [0.717, 1.165) is 6.42 Å². The molecular formula is C22H32N4O3. The molecule has 1 aliphatic rings. The highest BCUT2D eigenvalue weighted by Gasteiger charge is 2.29. The smallest absolute Gasteiger partial charge is 0.330 e. The van der Waals surface area contributed by atoms with Crippen molar-refractivity contribution in [3.05, 3.63) is 38.2 Å². The Balaban J connectivity index is 2.27. The number of nitrogens with one attached hydrogen (secondary N) is 1. The number of H-pyrrole nitrogens is 1. The number of pyridine rings is 1. The van der Waals surface area contributed by atoms with Crippen molar-refractivity contribution in [2.75, 3.05) is 13.1 Å². The zero-order valence-electron chi connectivity index (χ0n) is 18.3. The number of hydrogen-bond donors (Lipinski definition) is 1. The number of likely N-dealkylation sites (tertiary alicyclic amines) is 1. The first kappa shape index (κ1) is 21.3. The minimum absolute atomic E-state index is 0.0621. The minimum atomic E-state index is -0.547. The first-order valence-electron chi connectivity index (χ1n) is 10.6. The Morgan fingerprint density at radius 2 is 1.79 bits per heavy atom. The van der Waals surface area contributed by atoms with Gasteiger partial charge in [0.25, 0.3) is 11.5 Å². The molecule has 2 unspecified atom stereocenters. The van der Waals surface area contributed by atoms with Crippen LogP contribution >= 0.6 is 0 Å². The van der Waals surface area contributed by atoms with Gasteiger partial charge < -0.3 is 4.90 Å². The van der Waals surface area contributed by atoms with Crippen molar-refractivity contribution in [3.63, 3.8) is 0 Å². The topological polar surface area (TPSA) is 88.1 Å². The van der Waals surface area contributed by atoms with Crippen molar-refractivity contribution < 1.29 is 4.79 Å². The van der Waals surface area contributed by atoms with Crippen LogP contribution in [0.25, 0.3) is 11.0 Å². The summed E-state index contributed by atoms with van der Waals surface area (Å²) in [4.78, 5) is 47.7. The number of piperidine rings is 1. The Hall–Kier alpha value is -2.44. The highest BCUT2D eigenvalue weighted by molar-refractivity contribution is 6.05. The summed E-state index contributed by atoms with van der Waals surface area (Å²) in [7, 11) is 0. The van der Waals surface area contributed by atoms with E-state index in [4.69, 9.17) is 0 Å². The predicted octanol–water partition coefficient (Wildman–Crippen LogP) is 2.98. The maximum Gasteiger partial charge on any atom is 0.330 e. The van der Waals surface area contributed by atoms with Gasteiger partial charge in [-0.3, -0.25) is 19.1 Å². The molecule has 158 valence electrons. The molecule has 29 heavy (non-hydrogen) atoms. The van der Waals surface area contributed by atoms with Crippen LogP contribution in [-0.2, 0) is 6.54 Å². The number of aromatic nitrogens is 3. The second-order valence-corrected chi connectivity index (χ2v) is 9.37. The summed E-state index contributed by atoms with van der Waals surface area (Å²) in [6.07, 6.45) is 1.09. The summed E-state index contributed by atoms with van der Waals surface area (Å²) in [5.74, 6) is 0.926. The molecule has 0 aromatic carbocycles.